The number of aromatic nitrogens is 3. The number of hydrogen-bond donors (Lipinski definition) is 1. The van der Waals surface area contributed by atoms with Crippen LogP contribution in [0.2, 0.25) is 0 Å². The largest absolute Gasteiger partial charge is 0.375 e. The summed E-state index contributed by atoms with van der Waals surface area (Å²) in [5, 5.41) is 3.03. The summed E-state index contributed by atoms with van der Waals surface area (Å²) < 4.78 is 7.83. The van der Waals surface area contributed by atoms with Crippen LogP contribution < -0.4 is 10.2 Å². The van der Waals surface area contributed by atoms with Crippen LogP contribution in [0.15, 0.2) is 116 Å². The fourth-order valence-corrected chi connectivity index (χ4v) is 5.85. The van der Waals surface area contributed by atoms with Gasteiger partial charge in [0.1, 0.15) is 6.10 Å². The molecule has 1 N–H and O–H groups in total. The van der Waals surface area contributed by atoms with Crippen molar-refractivity contribution in [2.75, 3.05) is 24.4 Å². The molecule has 6 rings (SSSR count). The number of fused-ring (bicyclic) bond motifs is 1. The summed E-state index contributed by atoms with van der Waals surface area (Å²) in [5.74, 6) is 0.0114. The van der Waals surface area contributed by atoms with Gasteiger partial charge in [0.05, 0.1) is 22.5 Å². The maximum Gasteiger partial charge on any atom is 0.268 e. The highest BCUT2D eigenvalue weighted by Gasteiger charge is 2.22. The Kier molecular flexibility index (Phi) is 8.08. The van der Waals surface area contributed by atoms with Gasteiger partial charge in [-0.25, -0.2) is 4.98 Å². The van der Waals surface area contributed by atoms with Gasteiger partial charge >= 0.3 is 0 Å². The van der Waals surface area contributed by atoms with E-state index in [9.17, 15) is 9.59 Å². The molecule has 8 nitrogen and oxygen atoms in total. The molecule has 0 aliphatic heterocycles. The van der Waals surface area contributed by atoms with Crippen LogP contribution in [0.3, 0.4) is 0 Å². The Bertz CT molecular complexity index is 1870. The molecule has 0 bridgehead atoms. The summed E-state index contributed by atoms with van der Waals surface area (Å²) in [6.07, 6.45) is 3.18. The average Bonchev–Trinajstić information content (AvgIpc) is 3.69. The lowest BCUT2D eigenvalue weighted by Crippen LogP contribution is -2.26. The monoisotopic (exact) mass is 587 g/mol. The lowest BCUT2D eigenvalue weighted by molar-refractivity contribution is 0.0890. The van der Waals surface area contributed by atoms with Crippen molar-refractivity contribution in [1.29, 1.82) is 0 Å². The molecule has 3 aromatic carbocycles. The number of carbonyl (C=O) groups is 2. The predicted octanol–water partition coefficient (Wildman–Crippen LogP) is 7.08. The van der Waals surface area contributed by atoms with E-state index in [1.54, 1.807) is 43.6 Å². The number of amides is 2. The Hall–Kier alpha value is -5.12. The van der Waals surface area contributed by atoms with E-state index in [-0.39, 0.29) is 17.9 Å². The number of carbonyl (C=O) groups excluding carboxylic acids is 2. The minimum Gasteiger partial charge on any atom is -0.375 e. The highest BCUT2D eigenvalue weighted by Crippen LogP contribution is 2.31. The van der Waals surface area contributed by atoms with E-state index < -0.39 is 0 Å². The Morgan fingerprint density at radius 1 is 0.930 bits per heavy atom. The molecular formula is C34H29N5O3S. The van der Waals surface area contributed by atoms with E-state index >= 15 is 0 Å². The summed E-state index contributed by atoms with van der Waals surface area (Å²) >= 11 is 1.40. The van der Waals surface area contributed by atoms with Crippen LogP contribution in [0.4, 0.5) is 11.6 Å². The van der Waals surface area contributed by atoms with Gasteiger partial charge in [0.2, 0.25) is 5.95 Å². The van der Waals surface area contributed by atoms with Crippen LogP contribution >= 0.6 is 11.3 Å². The molecule has 0 radical (unpaired) electrons. The van der Waals surface area contributed by atoms with Crippen molar-refractivity contribution >= 4 is 45.8 Å². The first kappa shape index (κ1) is 28.0. The number of ether oxygens (including phenoxy) is 1. The fourth-order valence-electron chi connectivity index (χ4n) is 4.94. The summed E-state index contributed by atoms with van der Waals surface area (Å²) in [6.45, 7) is 0.414. The van der Waals surface area contributed by atoms with Gasteiger partial charge in [-0.1, -0.05) is 48.5 Å². The molecule has 214 valence electrons. The number of anilines is 2. The molecule has 1 atom stereocenters. The Morgan fingerprint density at radius 2 is 1.65 bits per heavy atom. The van der Waals surface area contributed by atoms with E-state index in [0.29, 0.717) is 34.1 Å². The molecule has 0 fully saturated rings. The molecule has 9 heteroatoms. The highest BCUT2D eigenvalue weighted by atomic mass is 32.1. The van der Waals surface area contributed by atoms with Gasteiger partial charge < -0.3 is 14.2 Å². The van der Waals surface area contributed by atoms with Crippen molar-refractivity contribution in [2.24, 2.45) is 0 Å². The van der Waals surface area contributed by atoms with Crippen molar-refractivity contribution in [3.05, 3.63) is 132 Å². The van der Waals surface area contributed by atoms with Crippen LogP contribution in [0.25, 0.3) is 21.5 Å². The van der Waals surface area contributed by atoms with Crippen molar-refractivity contribution < 1.29 is 14.3 Å². The molecule has 43 heavy (non-hydrogen) atoms. The Labute approximate surface area is 253 Å². The summed E-state index contributed by atoms with van der Waals surface area (Å²) in [6, 6.07) is 32.3. The first-order valence-electron chi connectivity index (χ1n) is 13.7. The van der Waals surface area contributed by atoms with Gasteiger partial charge in [0.15, 0.2) is 0 Å². The molecule has 6 aromatic rings. The van der Waals surface area contributed by atoms with Gasteiger partial charge in [-0.15, -0.1) is 11.3 Å². The minimum atomic E-state index is -0.281. The third-order valence-corrected chi connectivity index (χ3v) is 8.40. The van der Waals surface area contributed by atoms with Gasteiger partial charge in [-0.2, -0.15) is 0 Å². The Morgan fingerprint density at radius 3 is 2.37 bits per heavy atom. The molecule has 0 unspecified atom stereocenters. The van der Waals surface area contributed by atoms with Crippen molar-refractivity contribution in [3.63, 3.8) is 0 Å². The second kappa shape index (κ2) is 12.4. The van der Waals surface area contributed by atoms with Gasteiger partial charge in [0, 0.05) is 42.7 Å². The number of thiophene rings is 1. The predicted molar refractivity (Wildman–Crippen MR) is 171 cm³/mol. The molecule has 3 heterocycles. The van der Waals surface area contributed by atoms with Crippen LogP contribution in [-0.2, 0) is 11.3 Å². The lowest BCUT2D eigenvalue weighted by Gasteiger charge is -2.19. The Balaban J connectivity index is 1.35. The lowest BCUT2D eigenvalue weighted by atomic mass is 10.1. The number of rotatable bonds is 9. The number of nitrogens with one attached hydrogen (secondary N) is 1. The number of nitrogens with zero attached hydrogens (tertiary/aromatic N) is 4. The van der Waals surface area contributed by atoms with Gasteiger partial charge in [-0.3, -0.25) is 19.9 Å². The standard InChI is InChI=1S/C34H29N5O3S/c1-38(33(41)25-11-7-4-8-12-25)26-13-14-28-27(21-26)36-34(39(28)22-29(42-2)23-9-5-3-6-10-23)37-32(40)31-16-15-30(43-31)24-17-19-35-20-18-24/h3-21,29H,22H2,1-2H3,(H,36,37,40)/t29-/m1/s1. The van der Waals surface area contributed by atoms with Crippen molar-refractivity contribution in [1.82, 2.24) is 14.5 Å². The molecule has 0 aliphatic carbocycles. The third-order valence-electron chi connectivity index (χ3n) is 7.27. The SMILES string of the molecule is CO[C@H](Cn1c(NC(=O)c2ccc(-c3ccncc3)s2)nc2cc(N(C)C(=O)c3ccccc3)ccc21)c1ccccc1. The average molecular weight is 588 g/mol. The molecule has 3 aromatic heterocycles. The van der Waals surface area contributed by atoms with Gasteiger partial charge in [0.25, 0.3) is 11.8 Å². The number of imidazole rings is 1. The second-order valence-electron chi connectivity index (χ2n) is 9.94. The molecule has 0 aliphatic rings. The molecule has 0 saturated heterocycles. The molecule has 0 saturated carbocycles. The van der Waals surface area contributed by atoms with Gasteiger partial charge in [-0.05, 0) is 65.7 Å². The van der Waals surface area contributed by atoms with Crippen molar-refractivity contribution in [2.45, 2.75) is 12.6 Å². The number of methoxy groups -OCH3 is 1. The zero-order valence-electron chi connectivity index (χ0n) is 23.7. The smallest absolute Gasteiger partial charge is 0.268 e. The molecule has 0 spiro atoms. The second-order valence-corrected chi connectivity index (χ2v) is 11.0. The van der Waals surface area contributed by atoms with E-state index in [1.165, 1.54) is 11.3 Å². The third kappa shape index (κ3) is 5.94. The maximum atomic E-state index is 13.5. The number of benzene rings is 3. The zero-order valence-corrected chi connectivity index (χ0v) is 24.5. The molecule has 2 amide bonds. The fraction of sp³-hybridized carbons (Fsp3) is 0.118. The van der Waals surface area contributed by atoms with E-state index in [0.717, 1.165) is 21.5 Å². The first-order chi connectivity index (χ1) is 21.0. The summed E-state index contributed by atoms with van der Waals surface area (Å²) in [7, 11) is 3.41. The zero-order chi connectivity index (χ0) is 29.8. The van der Waals surface area contributed by atoms with Crippen LogP contribution in [0, 0.1) is 0 Å². The summed E-state index contributed by atoms with van der Waals surface area (Å²) in [5.41, 5.74) is 4.74. The quantitative estimate of drug-likeness (QED) is 0.195. The van der Waals surface area contributed by atoms with Crippen LogP contribution in [0.1, 0.15) is 31.7 Å². The number of pyridine rings is 1. The molecular weight excluding hydrogens is 558 g/mol. The van der Waals surface area contributed by atoms with Crippen LogP contribution in [-0.4, -0.2) is 40.5 Å². The summed E-state index contributed by atoms with van der Waals surface area (Å²) in [4.78, 5) is 38.6. The topological polar surface area (TPSA) is 89.3 Å². The minimum absolute atomic E-state index is 0.126. The first-order valence-corrected chi connectivity index (χ1v) is 14.6. The van der Waals surface area contributed by atoms with E-state index in [1.807, 2.05) is 95.6 Å². The normalized spacial score (nSPS) is 11.8. The van der Waals surface area contributed by atoms with E-state index in [4.69, 9.17) is 9.72 Å². The highest BCUT2D eigenvalue weighted by molar-refractivity contribution is 7.17. The van der Waals surface area contributed by atoms with Crippen molar-refractivity contribution in [3.8, 4) is 10.4 Å². The number of hydrogen-bond acceptors (Lipinski definition) is 6. The van der Waals surface area contributed by atoms with Crippen LogP contribution in [0.5, 0.6) is 0 Å². The maximum absolute atomic E-state index is 13.5. The van der Waals surface area contributed by atoms with E-state index in [2.05, 4.69) is 10.3 Å².